The molecule has 2 aromatic heterocycles. The second-order valence-electron chi connectivity index (χ2n) is 11.2. The number of benzene rings is 1. The van der Waals surface area contributed by atoms with Crippen molar-refractivity contribution in [3.05, 3.63) is 69.8 Å². The maximum atomic E-state index is 13.1. The number of anilines is 1. The molecule has 0 radical (unpaired) electrons. The van der Waals surface area contributed by atoms with E-state index in [9.17, 15) is 24.0 Å². The third-order valence-corrected chi connectivity index (χ3v) is 8.40. The van der Waals surface area contributed by atoms with Crippen LogP contribution < -0.4 is 16.2 Å². The molecule has 4 aliphatic rings. The summed E-state index contributed by atoms with van der Waals surface area (Å²) < 4.78 is 2.05. The van der Waals surface area contributed by atoms with Crippen molar-refractivity contribution in [1.82, 2.24) is 25.0 Å². The third-order valence-electron chi connectivity index (χ3n) is 8.40. The second-order valence-corrected chi connectivity index (χ2v) is 11.2. The number of aromatic amines is 1. The minimum Gasteiger partial charge on any atom is -0.385 e. The van der Waals surface area contributed by atoms with Crippen molar-refractivity contribution in [1.29, 1.82) is 0 Å². The Morgan fingerprint density at radius 1 is 0.925 bits per heavy atom. The van der Waals surface area contributed by atoms with Crippen LogP contribution in [0.15, 0.2) is 47.4 Å². The second kappa shape index (κ2) is 9.29. The summed E-state index contributed by atoms with van der Waals surface area (Å²) in [4.78, 5) is 65.5. The Hall–Kier alpha value is -4.54. The SMILES string of the molecule is O=C1CCC(N2C(=O)c3ccc(NC[C@H]4C[C@H](n5cc(-c6cccc(=O)[nH]6)c(C6CC6)n5)C4)cc3C2=O)C(=O)N1. The van der Waals surface area contributed by atoms with Gasteiger partial charge in [-0.3, -0.25) is 38.9 Å². The molecule has 3 fully saturated rings. The zero-order valence-corrected chi connectivity index (χ0v) is 21.7. The van der Waals surface area contributed by atoms with Crippen LogP contribution in [0.3, 0.4) is 0 Å². The normalized spacial score (nSPS) is 24.1. The lowest BCUT2D eigenvalue weighted by molar-refractivity contribution is -0.136. The number of amides is 4. The van der Waals surface area contributed by atoms with Crippen molar-refractivity contribution < 1.29 is 19.2 Å². The fourth-order valence-electron chi connectivity index (χ4n) is 5.99. The summed E-state index contributed by atoms with van der Waals surface area (Å²) in [5.74, 6) is -1.16. The molecule has 11 nitrogen and oxygen atoms in total. The maximum Gasteiger partial charge on any atom is 0.262 e. The van der Waals surface area contributed by atoms with Crippen molar-refractivity contribution >= 4 is 29.3 Å². The highest BCUT2D eigenvalue weighted by Crippen LogP contribution is 2.45. The Morgan fingerprint density at radius 3 is 2.48 bits per heavy atom. The Morgan fingerprint density at radius 2 is 1.73 bits per heavy atom. The highest BCUT2D eigenvalue weighted by Gasteiger charge is 2.44. The number of hydrogen-bond donors (Lipinski definition) is 3. The molecule has 2 aliphatic heterocycles. The number of carbonyl (C=O) groups is 4. The number of piperidine rings is 1. The standard InChI is InChI=1S/C29H28N6O5/c36-24-3-1-2-22(31-24)21-14-34(33-26(21)16-4-5-16)18-10-15(11-18)13-30-17-6-7-19-20(12-17)29(40)35(28(19)39)23-8-9-25(37)32-27(23)38/h1-3,6-7,12,14-16,18,23,30H,4-5,8-11,13H2,(H,31,36)(H,32,37,38)/t15-,18-,23?. The summed E-state index contributed by atoms with van der Waals surface area (Å²) in [7, 11) is 0. The molecule has 4 amide bonds. The van der Waals surface area contributed by atoms with Gasteiger partial charge in [0.25, 0.3) is 11.8 Å². The van der Waals surface area contributed by atoms with Gasteiger partial charge in [0.05, 0.1) is 28.6 Å². The van der Waals surface area contributed by atoms with Crippen LogP contribution in [0.4, 0.5) is 5.69 Å². The van der Waals surface area contributed by atoms with Crippen molar-refractivity contribution in [2.45, 2.75) is 56.5 Å². The summed E-state index contributed by atoms with van der Waals surface area (Å²) >= 11 is 0. The lowest BCUT2D eigenvalue weighted by atomic mass is 9.80. The molecule has 1 saturated heterocycles. The van der Waals surface area contributed by atoms with Crippen LogP contribution in [0, 0.1) is 5.92 Å². The van der Waals surface area contributed by atoms with Crippen LogP contribution in [-0.2, 0) is 9.59 Å². The molecule has 0 bridgehead atoms. The zero-order chi connectivity index (χ0) is 27.5. The molecule has 2 saturated carbocycles. The van der Waals surface area contributed by atoms with Crippen molar-refractivity contribution in [3.8, 4) is 11.3 Å². The smallest absolute Gasteiger partial charge is 0.262 e. The van der Waals surface area contributed by atoms with E-state index in [0.29, 0.717) is 18.4 Å². The summed E-state index contributed by atoms with van der Waals surface area (Å²) in [6, 6.07) is 9.57. The Labute approximate surface area is 228 Å². The molecule has 11 heteroatoms. The van der Waals surface area contributed by atoms with Gasteiger partial charge < -0.3 is 10.3 Å². The van der Waals surface area contributed by atoms with E-state index in [1.165, 1.54) is 6.07 Å². The molecular weight excluding hydrogens is 512 g/mol. The van der Waals surface area contributed by atoms with E-state index in [1.807, 2.05) is 10.7 Å². The van der Waals surface area contributed by atoms with Gasteiger partial charge in [0, 0.05) is 42.4 Å². The molecular formula is C29H28N6O5. The minimum atomic E-state index is -0.973. The fraction of sp³-hybridized carbons (Fsp3) is 0.379. The van der Waals surface area contributed by atoms with Crippen LogP contribution >= 0.6 is 0 Å². The number of carbonyl (C=O) groups excluding carboxylic acids is 4. The maximum absolute atomic E-state index is 13.1. The summed E-state index contributed by atoms with van der Waals surface area (Å²) in [6.07, 6.45) is 6.44. The molecule has 1 unspecified atom stereocenters. The van der Waals surface area contributed by atoms with Gasteiger partial charge in [-0.15, -0.1) is 0 Å². The molecule has 4 heterocycles. The quantitative estimate of drug-likeness (QED) is 0.391. The average molecular weight is 541 g/mol. The lowest BCUT2D eigenvalue weighted by Gasteiger charge is -2.35. The molecule has 40 heavy (non-hydrogen) atoms. The fourth-order valence-corrected chi connectivity index (χ4v) is 5.99. The van der Waals surface area contributed by atoms with Crippen LogP contribution in [-0.4, -0.2) is 55.9 Å². The summed E-state index contributed by atoms with van der Waals surface area (Å²) in [5, 5.41) is 10.5. The van der Waals surface area contributed by atoms with E-state index in [1.54, 1.807) is 24.3 Å². The molecule has 204 valence electrons. The molecule has 3 N–H and O–H groups in total. The lowest BCUT2D eigenvalue weighted by Crippen LogP contribution is -2.54. The average Bonchev–Trinajstić information content (AvgIpc) is 3.62. The molecule has 0 spiro atoms. The van der Waals surface area contributed by atoms with Crippen molar-refractivity contribution in [2.24, 2.45) is 5.92 Å². The van der Waals surface area contributed by atoms with Gasteiger partial charge in [-0.25, -0.2) is 0 Å². The van der Waals surface area contributed by atoms with Gasteiger partial charge in [0.15, 0.2) is 0 Å². The van der Waals surface area contributed by atoms with Crippen molar-refractivity contribution in [2.75, 3.05) is 11.9 Å². The highest BCUT2D eigenvalue weighted by atomic mass is 16.2. The van der Waals surface area contributed by atoms with Crippen LogP contribution in [0.5, 0.6) is 0 Å². The van der Waals surface area contributed by atoms with E-state index in [0.717, 1.165) is 53.2 Å². The monoisotopic (exact) mass is 540 g/mol. The van der Waals surface area contributed by atoms with Gasteiger partial charge in [-0.05, 0) is 62.3 Å². The molecule has 1 aromatic carbocycles. The number of nitrogens with one attached hydrogen (secondary N) is 3. The van der Waals surface area contributed by atoms with Crippen LogP contribution in [0.25, 0.3) is 11.3 Å². The molecule has 2 aliphatic carbocycles. The first-order valence-corrected chi connectivity index (χ1v) is 13.7. The van der Waals surface area contributed by atoms with E-state index in [2.05, 4.69) is 21.8 Å². The topological polar surface area (TPSA) is 146 Å². The van der Waals surface area contributed by atoms with Gasteiger partial charge >= 0.3 is 0 Å². The number of hydrogen-bond acceptors (Lipinski definition) is 7. The number of fused-ring (bicyclic) bond motifs is 1. The van der Waals surface area contributed by atoms with Gasteiger partial charge in [-0.2, -0.15) is 5.10 Å². The number of nitrogens with zero attached hydrogens (tertiary/aromatic N) is 3. The first kappa shape index (κ1) is 24.5. The first-order chi connectivity index (χ1) is 19.4. The number of pyridine rings is 1. The predicted molar refractivity (Wildman–Crippen MR) is 144 cm³/mol. The zero-order valence-electron chi connectivity index (χ0n) is 21.7. The Kier molecular flexibility index (Phi) is 5.69. The van der Waals surface area contributed by atoms with Crippen molar-refractivity contribution in [3.63, 3.8) is 0 Å². The van der Waals surface area contributed by atoms with Crippen LogP contribution in [0.2, 0.25) is 0 Å². The van der Waals surface area contributed by atoms with E-state index < -0.39 is 29.7 Å². The number of imide groups is 2. The number of rotatable bonds is 7. The predicted octanol–water partition coefficient (Wildman–Crippen LogP) is 2.58. The number of aromatic nitrogens is 3. The molecule has 3 aromatic rings. The molecule has 7 rings (SSSR count). The largest absolute Gasteiger partial charge is 0.385 e. The third kappa shape index (κ3) is 4.21. The van der Waals surface area contributed by atoms with Gasteiger partial charge in [-0.1, -0.05) is 6.07 Å². The molecule has 1 atom stereocenters. The summed E-state index contributed by atoms with van der Waals surface area (Å²) in [5.41, 5.74) is 4.02. The van der Waals surface area contributed by atoms with E-state index in [4.69, 9.17) is 5.10 Å². The van der Waals surface area contributed by atoms with Gasteiger partial charge in [0.2, 0.25) is 17.4 Å². The highest BCUT2D eigenvalue weighted by molar-refractivity contribution is 6.23. The Bertz CT molecular complexity index is 1630. The Balaban J connectivity index is 0.992. The van der Waals surface area contributed by atoms with E-state index in [-0.39, 0.29) is 35.6 Å². The van der Waals surface area contributed by atoms with E-state index >= 15 is 0 Å². The minimum absolute atomic E-state index is 0.0898. The summed E-state index contributed by atoms with van der Waals surface area (Å²) in [6.45, 7) is 0.712. The van der Waals surface area contributed by atoms with Gasteiger partial charge in [0.1, 0.15) is 6.04 Å². The van der Waals surface area contributed by atoms with Crippen LogP contribution in [0.1, 0.15) is 76.9 Å². The number of H-pyrrole nitrogens is 1. The first-order valence-electron chi connectivity index (χ1n) is 13.7.